The van der Waals surface area contributed by atoms with Crippen LogP contribution in [0.25, 0.3) is 0 Å². The molecule has 150 valence electrons. The summed E-state index contributed by atoms with van der Waals surface area (Å²) in [5.74, 6) is -2.43. The van der Waals surface area contributed by atoms with Gasteiger partial charge in [-0.15, -0.1) is 0 Å². The van der Waals surface area contributed by atoms with Gasteiger partial charge in [-0.25, -0.2) is 0 Å². The number of carbonyl (C=O) groups excluding carboxylic acids is 3. The number of benzene rings is 1. The SMILES string of the molecule is CCOC(=O)C(C(=O)OCC)C1C2=C(CC(C)(C)CC2=O)Oc2ccccc21. The van der Waals surface area contributed by atoms with Gasteiger partial charge < -0.3 is 14.2 Å². The Kier molecular flexibility index (Phi) is 5.59. The van der Waals surface area contributed by atoms with Gasteiger partial charge >= 0.3 is 11.9 Å². The van der Waals surface area contributed by atoms with Crippen LogP contribution in [0, 0.1) is 11.3 Å². The van der Waals surface area contributed by atoms with Crippen molar-refractivity contribution in [3.8, 4) is 5.75 Å². The summed E-state index contributed by atoms with van der Waals surface area (Å²) in [5.41, 5.74) is 0.764. The zero-order chi connectivity index (χ0) is 20.5. The van der Waals surface area contributed by atoms with Gasteiger partial charge in [0, 0.05) is 29.9 Å². The molecule has 1 aromatic rings. The molecule has 0 saturated carbocycles. The van der Waals surface area contributed by atoms with Crippen molar-refractivity contribution in [1.82, 2.24) is 0 Å². The van der Waals surface area contributed by atoms with Crippen molar-refractivity contribution in [3.63, 3.8) is 0 Å². The van der Waals surface area contributed by atoms with E-state index in [2.05, 4.69) is 0 Å². The molecule has 1 heterocycles. The molecule has 0 radical (unpaired) electrons. The summed E-state index contributed by atoms with van der Waals surface area (Å²) < 4.78 is 16.4. The topological polar surface area (TPSA) is 78.9 Å². The molecule has 1 unspecified atom stereocenters. The first-order chi connectivity index (χ1) is 13.3. The summed E-state index contributed by atoms with van der Waals surface area (Å²) >= 11 is 0. The molecule has 0 aromatic heterocycles. The van der Waals surface area contributed by atoms with Crippen molar-refractivity contribution in [2.24, 2.45) is 11.3 Å². The maximum atomic E-state index is 13.1. The van der Waals surface area contributed by atoms with Gasteiger partial charge in [-0.05, 0) is 25.3 Å². The molecule has 3 rings (SSSR count). The van der Waals surface area contributed by atoms with Crippen molar-refractivity contribution in [1.29, 1.82) is 0 Å². The first kappa shape index (κ1) is 20.1. The van der Waals surface area contributed by atoms with Crippen molar-refractivity contribution < 1.29 is 28.6 Å². The second-order valence-electron chi connectivity index (χ2n) is 7.88. The number of rotatable bonds is 5. The van der Waals surface area contributed by atoms with Crippen LogP contribution in [0.3, 0.4) is 0 Å². The van der Waals surface area contributed by atoms with Crippen LogP contribution in [-0.2, 0) is 23.9 Å². The molecule has 0 saturated heterocycles. The molecule has 1 aliphatic carbocycles. The molecule has 0 fully saturated rings. The zero-order valence-electron chi connectivity index (χ0n) is 16.7. The Labute approximate surface area is 164 Å². The lowest BCUT2D eigenvalue weighted by molar-refractivity contribution is -0.162. The molecule has 0 spiro atoms. The Hall–Kier alpha value is -2.63. The second-order valence-corrected chi connectivity index (χ2v) is 7.88. The third kappa shape index (κ3) is 3.68. The van der Waals surface area contributed by atoms with E-state index in [9.17, 15) is 14.4 Å². The highest BCUT2D eigenvalue weighted by Gasteiger charge is 2.49. The van der Waals surface area contributed by atoms with Crippen molar-refractivity contribution in [3.05, 3.63) is 41.2 Å². The van der Waals surface area contributed by atoms with E-state index in [1.807, 2.05) is 19.9 Å². The third-order valence-electron chi connectivity index (χ3n) is 5.09. The molecule has 2 aliphatic rings. The predicted octanol–water partition coefficient (Wildman–Crippen LogP) is 3.55. The first-order valence-electron chi connectivity index (χ1n) is 9.65. The summed E-state index contributed by atoms with van der Waals surface area (Å²) in [6.07, 6.45) is 0.878. The van der Waals surface area contributed by atoms with E-state index >= 15 is 0 Å². The fourth-order valence-electron chi connectivity index (χ4n) is 4.01. The Bertz CT molecular complexity index is 817. The number of fused-ring (bicyclic) bond motifs is 1. The highest BCUT2D eigenvalue weighted by atomic mass is 16.6. The van der Waals surface area contributed by atoms with Gasteiger partial charge in [-0.2, -0.15) is 0 Å². The minimum Gasteiger partial charge on any atom is -0.465 e. The molecule has 28 heavy (non-hydrogen) atoms. The summed E-state index contributed by atoms with van der Waals surface area (Å²) in [5, 5.41) is 0. The van der Waals surface area contributed by atoms with Gasteiger partial charge in [-0.1, -0.05) is 32.0 Å². The molecule has 6 heteroatoms. The first-order valence-corrected chi connectivity index (χ1v) is 9.65. The maximum Gasteiger partial charge on any atom is 0.321 e. The lowest BCUT2D eigenvalue weighted by Gasteiger charge is -2.39. The average molecular weight is 386 g/mol. The van der Waals surface area contributed by atoms with Crippen LogP contribution in [0.5, 0.6) is 5.75 Å². The minimum absolute atomic E-state index is 0.107. The second kappa shape index (κ2) is 7.78. The number of ketones is 1. The molecule has 1 aromatic carbocycles. The largest absolute Gasteiger partial charge is 0.465 e. The smallest absolute Gasteiger partial charge is 0.321 e. The Balaban J connectivity index is 2.18. The average Bonchev–Trinajstić information content (AvgIpc) is 2.60. The van der Waals surface area contributed by atoms with Crippen molar-refractivity contribution >= 4 is 17.7 Å². The fraction of sp³-hybridized carbons (Fsp3) is 0.500. The molecule has 1 aliphatic heterocycles. The molecule has 0 bridgehead atoms. The number of para-hydroxylation sites is 1. The van der Waals surface area contributed by atoms with Crippen molar-refractivity contribution in [2.45, 2.75) is 46.5 Å². The van der Waals surface area contributed by atoms with Crippen LogP contribution in [-0.4, -0.2) is 30.9 Å². The lowest BCUT2D eigenvalue weighted by Crippen LogP contribution is -2.40. The number of hydrogen-bond acceptors (Lipinski definition) is 6. The van der Waals surface area contributed by atoms with Gasteiger partial charge in [-0.3, -0.25) is 14.4 Å². The number of Topliss-reactive ketones (excluding diaryl/α,β-unsaturated/α-hetero) is 1. The zero-order valence-corrected chi connectivity index (χ0v) is 16.7. The normalized spacial score (nSPS) is 20.2. The molecule has 0 amide bonds. The quantitative estimate of drug-likeness (QED) is 0.569. The fourth-order valence-corrected chi connectivity index (χ4v) is 4.01. The van der Waals surface area contributed by atoms with Crippen LogP contribution in [0.4, 0.5) is 0 Å². The van der Waals surface area contributed by atoms with Gasteiger partial charge in [0.2, 0.25) is 0 Å². The molecular formula is C22H26O6. The number of allylic oxidation sites excluding steroid dienone is 2. The number of ether oxygens (including phenoxy) is 3. The van der Waals surface area contributed by atoms with E-state index in [0.29, 0.717) is 35.5 Å². The van der Waals surface area contributed by atoms with Crippen LogP contribution in [0.2, 0.25) is 0 Å². The summed E-state index contributed by atoms with van der Waals surface area (Å²) in [4.78, 5) is 38.6. The molecular weight excluding hydrogens is 360 g/mol. The van der Waals surface area contributed by atoms with Gasteiger partial charge in [0.1, 0.15) is 11.5 Å². The summed E-state index contributed by atoms with van der Waals surface area (Å²) in [6.45, 7) is 7.62. The van der Waals surface area contributed by atoms with Crippen LogP contribution >= 0.6 is 0 Å². The monoisotopic (exact) mass is 386 g/mol. The highest BCUT2D eigenvalue weighted by Crippen LogP contribution is 2.50. The maximum absolute atomic E-state index is 13.1. The lowest BCUT2D eigenvalue weighted by atomic mass is 9.68. The Morgan fingerprint density at radius 2 is 1.71 bits per heavy atom. The van der Waals surface area contributed by atoms with Crippen LogP contribution in [0.15, 0.2) is 35.6 Å². The van der Waals surface area contributed by atoms with Crippen molar-refractivity contribution in [2.75, 3.05) is 13.2 Å². The van der Waals surface area contributed by atoms with Crippen LogP contribution < -0.4 is 4.74 Å². The van der Waals surface area contributed by atoms with E-state index in [1.165, 1.54) is 0 Å². The molecule has 1 atom stereocenters. The minimum atomic E-state index is -1.25. The van der Waals surface area contributed by atoms with Gasteiger partial charge in [0.25, 0.3) is 0 Å². The standard InChI is InChI=1S/C22H26O6/c1-5-26-20(24)19(21(25)27-6-2)17-13-9-7-8-10-15(13)28-16-12-22(3,4)11-14(23)18(16)17/h7-10,17,19H,5-6,11-12H2,1-4H3. The van der Waals surface area contributed by atoms with Crippen LogP contribution in [0.1, 0.15) is 52.0 Å². The van der Waals surface area contributed by atoms with Gasteiger partial charge in [0.05, 0.1) is 13.2 Å². The summed E-state index contributed by atoms with van der Waals surface area (Å²) in [7, 11) is 0. The number of esters is 2. The van der Waals surface area contributed by atoms with E-state index < -0.39 is 23.8 Å². The Morgan fingerprint density at radius 3 is 2.32 bits per heavy atom. The van der Waals surface area contributed by atoms with E-state index in [4.69, 9.17) is 14.2 Å². The third-order valence-corrected chi connectivity index (χ3v) is 5.09. The van der Waals surface area contributed by atoms with E-state index in [1.54, 1.807) is 32.0 Å². The summed E-state index contributed by atoms with van der Waals surface area (Å²) in [6, 6.07) is 7.18. The molecule has 0 N–H and O–H groups in total. The number of hydrogen-bond donors (Lipinski definition) is 0. The predicted molar refractivity (Wildman–Crippen MR) is 102 cm³/mol. The molecule has 6 nitrogen and oxygen atoms in total. The van der Waals surface area contributed by atoms with Gasteiger partial charge in [0.15, 0.2) is 11.7 Å². The Morgan fingerprint density at radius 1 is 1.11 bits per heavy atom. The van der Waals surface area contributed by atoms with E-state index in [-0.39, 0.29) is 24.4 Å². The number of carbonyl (C=O) groups is 3. The van der Waals surface area contributed by atoms with E-state index in [0.717, 1.165) is 0 Å². The highest BCUT2D eigenvalue weighted by molar-refractivity contribution is 6.04.